The van der Waals surface area contributed by atoms with E-state index in [0.717, 1.165) is 25.7 Å². The van der Waals surface area contributed by atoms with Gasteiger partial charge in [-0.1, -0.05) is 6.92 Å². The van der Waals surface area contributed by atoms with Crippen LogP contribution in [0.3, 0.4) is 0 Å². The van der Waals surface area contributed by atoms with Crippen molar-refractivity contribution >= 4 is 11.7 Å². The number of aromatic amines is 1. The molecule has 0 aromatic carbocycles. The summed E-state index contributed by atoms with van der Waals surface area (Å²) in [6.45, 7) is 2.03. The number of nitro groups is 1. The fraction of sp³-hybridized carbons (Fsp3) is 0.615. The van der Waals surface area contributed by atoms with E-state index in [9.17, 15) is 20.0 Å². The smallest absolute Gasteiger partial charge is 0.321 e. The monoisotopic (exact) mass is 281 g/mol. The SMILES string of the molecule is CC1CCC(CO)(NC(=O)c2ccc([N+](=O)[O-])[nH]2)CC1. The van der Waals surface area contributed by atoms with Crippen molar-refractivity contribution in [1.29, 1.82) is 0 Å². The van der Waals surface area contributed by atoms with Crippen molar-refractivity contribution in [2.45, 2.75) is 38.1 Å². The first-order chi connectivity index (χ1) is 9.46. The van der Waals surface area contributed by atoms with Gasteiger partial charge in [-0.2, -0.15) is 0 Å². The van der Waals surface area contributed by atoms with Crippen molar-refractivity contribution in [1.82, 2.24) is 10.3 Å². The van der Waals surface area contributed by atoms with Gasteiger partial charge in [-0.3, -0.25) is 4.79 Å². The molecule has 1 aromatic heterocycles. The van der Waals surface area contributed by atoms with E-state index in [-0.39, 0.29) is 18.1 Å². The van der Waals surface area contributed by atoms with Crippen LogP contribution in [-0.4, -0.2) is 33.1 Å². The highest BCUT2D eigenvalue weighted by molar-refractivity contribution is 5.93. The Bertz CT molecular complexity index is 503. The lowest BCUT2D eigenvalue weighted by Crippen LogP contribution is -2.53. The summed E-state index contributed by atoms with van der Waals surface area (Å²) < 4.78 is 0. The number of aliphatic hydroxyl groups is 1. The summed E-state index contributed by atoms with van der Waals surface area (Å²) in [6, 6.07) is 2.63. The number of nitrogens with one attached hydrogen (secondary N) is 2. The predicted molar refractivity (Wildman–Crippen MR) is 72.4 cm³/mol. The molecule has 7 nitrogen and oxygen atoms in total. The van der Waals surface area contributed by atoms with Crippen LogP contribution in [0.25, 0.3) is 0 Å². The average molecular weight is 281 g/mol. The molecule has 0 radical (unpaired) electrons. The maximum Gasteiger partial charge on any atom is 0.321 e. The van der Waals surface area contributed by atoms with Crippen LogP contribution in [-0.2, 0) is 0 Å². The second kappa shape index (κ2) is 5.62. The molecular formula is C13H19N3O4. The largest absolute Gasteiger partial charge is 0.394 e. The van der Waals surface area contributed by atoms with Gasteiger partial charge in [0.15, 0.2) is 5.69 Å². The number of carbonyl (C=O) groups is 1. The normalized spacial score (nSPS) is 26.2. The lowest BCUT2D eigenvalue weighted by molar-refractivity contribution is -0.389. The Kier molecular flexibility index (Phi) is 4.08. The number of H-pyrrole nitrogens is 1. The van der Waals surface area contributed by atoms with Crippen LogP contribution in [0.15, 0.2) is 12.1 Å². The number of hydrogen-bond donors (Lipinski definition) is 3. The molecule has 2 rings (SSSR count). The molecule has 1 aromatic rings. The molecule has 0 saturated heterocycles. The molecular weight excluding hydrogens is 262 g/mol. The van der Waals surface area contributed by atoms with E-state index in [1.165, 1.54) is 12.1 Å². The molecule has 7 heteroatoms. The van der Waals surface area contributed by atoms with E-state index in [0.29, 0.717) is 5.92 Å². The number of nitrogens with zero attached hydrogens (tertiary/aromatic N) is 1. The first-order valence-corrected chi connectivity index (χ1v) is 6.72. The second-order valence-corrected chi connectivity index (χ2v) is 5.59. The third kappa shape index (κ3) is 2.98. The number of amides is 1. The number of hydrogen-bond acceptors (Lipinski definition) is 4. The minimum absolute atomic E-state index is 0.117. The van der Waals surface area contributed by atoms with Gasteiger partial charge in [-0.25, -0.2) is 4.98 Å². The van der Waals surface area contributed by atoms with Gasteiger partial charge in [0.05, 0.1) is 12.1 Å². The lowest BCUT2D eigenvalue weighted by atomic mass is 9.77. The summed E-state index contributed by atoms with van der Waals surface area (Å²) in [6.07, 6.45) is 3.34. The van der Waals surface area contributed by atoms with Gasteiger partial charge in [0.2, 0.25) is 0 Å². The summed E-state index contributed by atoms with van der Waals surface area (Å²) in [7, 11) is 0. The zero-order valence-corrected chi connectivity index (χ0v) is 11.4. The van der Waals surface area contributed by atoms with Gasteiger partial charge < -0.3 is 20.5 Å². The molecule has 1 saturated carbocycles. The first kappa shape index (κ1) is 14.5. The molecule has 0 aliphatic heterocycles. The Hall–Kier alpha value is -1.89. The highest BCUT2D eigenvalue weighted by Crippen LogP contribution is 2.31. The molecule has 110 valence electrons. The maximum atomic E-state index is 12.1. The van der Waals surface area contributed by atoms with Crippen LogP contribution >= 0.6 is 0 Å². The van der Waals surface area contributed by atoms with Crippen molar-refractivity contribution in [2.75, 3.05) is 6.61 Å². The zero-order valence-electron chi connectivity index (χ0n) is 11.4. The topological polar surface area (TPSA) is 108 Å². The van der Waals surface area contributed by atoms with E-state index >= 15 is 0 Å². The van der Waals surface area contributed by atoms with E-state index in [1.54, 1.807) is 0 Å². The van der Waals surface area contributed by atoms with Crippen LogP contribution in [0.5, 0.6) is 0 Å². The van der Waals surface area contributed by atoms with Crippen molar-refractivity contribution in [3.8, 4) is 0 Å². The van der Waals surface area contributed by atoms with E-state index in [1.807, 2.05) is 0 Å². The summed E-state index contributed by atoms with van der Waals surface area (Å²) in [5.41, 5.74) is -0.466. The molecule has 1 heterocycles. The number of carbonyl (C=O) groups excluding carboxylic acids is 1. The van der Waals surface area contributed by atoms with Gasteiger partial charge in [0.1, 0.15) is 0 Å². The standard InChI is InChI=1S/C13H19N3O4/c1-9-4-6-13(8-17,7-5-9)15-12(18)10-2-3-11(14-10)16(19)20/h2-3,9,14,17H,4-8H2,1H3,(H,15,18). The second-order valence-electron chi connectivity index (χ2n) is 5.59. The summed E-state index contributed by atoms with van der Waals surface area (Å²) >= 11 is 0. The van der Waals surface area contributed by atoms with Gasteiger partial charge in [-0.15, -0.1) is 0 Å². The van der Waals surface area contributed by atoms with E-state index < -0.39 is 16.4 Å². The van der Waals surface area contributed by atoms with Crippen molar-refractivity contribution < 1.29 is 14.8 Å². The number of aromatic nitrogens is 1. The molecule has 0 atom stereocenters. The van der Waals surface area contributed by atoms with Gasteiger partial charge >= 0.3 is 5.82 Å². The zero-order chi connectivity index (χ0) is 14.8. The quantitative estimate of drug-likeness (QED) is 0.575. The van der Waals surface area contributed by atoms with Crippen LogP contribution in [0, 0.1) is 16.0 Å². The molecule has 1 aliphatic rings. The Morgan fingerprint density at radius 2 is 2.20 bits per heavy atom. The van der Waals surface area contributed by atoms with Gasteiger partial charge in [-0.05, 0) is 42.6 Å². The molecule has 0 unspecified atom stereocenters. The van der Waals surface area contributed by atoms with Crippen LogP contribution in [0.4, 0.5) is 5.82 Å². The van der Waals surface area contributed by atoms with Crippen molar-refractivity contribution in [3.63, 3.8) is 0 Å². The highest BCUT2D eigenvalue weighted by Gasteiger charge is 2.36. The Morgan fingerprint density at radius 1 is 1.55 bits per heavy atom. The molecule has 0 spiro atoms. The Balaban J connectivity index is 2.07. The van der Waals surface area contributed by atoms with Gasteiger partial charge in [0, 0.05) is 6.07 Å². The fourth-order valence-electron chi connectivity index (χ4n) is 2.57. The Morgan fingerprint density at radius 3 is 2.70 bits per heavy atom. The molecule has 1 aliphatic carbocycles. The molecule has 1 amide bonds. The predicted octanol–water partition coefficient (Wildman–Crippen LogP) is 1.59. The van der Waals surface area contributed by atoms with Gasteiger partial charge in [0.25, 0.3) is 5.91 Å². The summed E-state index contributed by atoms with van der Waals surface area (Å²) in [5, 5.41) is 23.0. The summed E-state index contributed by atoms with van der Waals surface area (Å²) in [4.78, 5) is 24.6. The highest BCUT2D eigenvalue weighted by atomic mass is 16.6. The van der Waals surface area contributed by atoms with Crippen LogP contribution in [0.1, 0.15) is 43.1 Å². The van der Waals surface area contributed by atoms with E-state index in [2.05, 4.69) is 17.2 Å². The first-order valence-electron chi connectivity index (χ1n) is 6.72. The molecule has 3 N–H and O–H groups in total. The fourth-order valence-corrected chi connectivity index (χ4v) is 2.57. The average Bonchev–Trinajstić information content (AvgIpc) is 2.92. The number of aliphatic hydroxyl groups excluding tert-OH is 1. The minimum atomic E-state index is -0.608. The molecule has 20 heavy (non-hydrogen) atoms. The van der Waals surface area contributed by atoms with Crippen LogP contribution < -0.4 is 5.32 Å². The van der Waals surface area contributed by atoms with E-state index in [4.69, 9.17) is 0 Å². The van der Waals surface area contributed by atoms with Crippen molar-refractivity contribution in [2.24, 2.45) is 5.92 Å². The lowest BCUT2D eigenvalue weighted by Gasteiger charge is -2.38. The molecule has 0 bridgehead atoms. The Labute approximate surface area is 116 Å². The number of rotatable bonds is 4. The third-order valence-corrected chi connectivity index (χ3v) is 4.02. The molecule has 1 fully saturated rings. The van der Waals surface area contributed by atoms with Crippen molar-refractivity contribution in [3.05, 3.63) is 27.9 Å². The van der Waals surface area contributed by atoms with Crippen LogP contribution in [0.2, 0.25) is 0 Å². The minimum Gasteiger partial charge on any atom is -0.394 e. The summed E-state index contributed by atoms with van der Waals surface area (Å²) in [5.74, 6) is -0.0367. The third-order valence-electron chi connectivity index (χ3n) is 4.02. The maximum absolute atomic E-state index is 12.1.